The molecular weight excluding hydrogens is 408 g/mol. The lowest BCUT2D eigenvalue weighted by Gasteiger charge is -2.08. The quantitative estimate of drug-likeness (QED) is 0.663. The molecule has 1 heterocycles. The summed E-state index contributed by atoms with van der Waals surface area (Å²) < 4.78 is 20.5. The number of nitrogens with zero attached hydrogens (tertiary/aromatic N) is 3. The molecule has 0 atom stereocenters. The van der Waals surface area contributed by atoms with Crippen molar-refractivity contribution in [1.82, 2.24) is 14.8 Å². The van der Waals surface area contributed by atoms with E-state index in [9.17, 15) is 9.18 Å². The summed E-state index contributed by atoms with van der Waals surface area (Å²) in [7, 11) is 0. The van der Waals surface area contributed by atoms with Crippen LogP contribution < -0.4 is 4.74 Å². The van der Waals surface area contributed by atoms with Crippen LogP contribution in [-0.4, -0.2) is 32.4 Å². The molecule has 6 nitrogen and oxygen atoms in total. The number of carboxylic acid groups (broad SMARTS) is 1. The Morgan fingerprint density at radius 2 is 1.85 bits per heavy atom. The van der Waals surface area contributed by atoms with Crippen molar-refractivity contribution in [2.75, 3.05) is 6.61 Å². The van der Waals surface area contributed by atoms with Crippen LogP contribution in [0.15, 0.2) is 36.4 Å². The first kappa shape index (κ1) is 18.4. The molecule has 0 saturated carbocycles. The van der Waals surface area contributed by atoms with Crippen LogP contribution in [0.1, 0.15) is 0 Å². The number of halogens is 4. The van der Waals surface area contributed by atoms with Gasteiger partial charge in [-0.3, -0.25) is 0 Å². The number of aliphatic carboxylic acids is 1. The third kappa shape index (κ3) is 3.90. The minimum Gasteiger partial charge on any atom is -0.479 e. The molecule has 1 N–H and O–H groups in total. The number of benzene rings is 2. The predicted molar refractivity (Wildman–Crippen MR) is 94.9 cm³/mol. The fourth-order valence-electron chi connectivity index (χ4n) is 2.15. The first-order valence-electron chi connectivity index (χ1n) is 7.07. The number of rotatable bonds is 5. The van der Waals surface area contributed by atoms with Gasteiger partial charge < -0.3 is 9.84 Å². The molecule has 3 rings (SSSR count). The zero-order valence-corrected chi connectivity index (χ0v) is 15.1. The molecule has 3 aromatic rings. The van der Waals surface area contributed by atoms with Crippen LogP contribution in [0, 0.1) is 5.82 Å². The van der Waals surface area contributed by atoms with E-state index in [1.54, 1.807) is 12.1 Å². The fraction of sp³-hybridized carbons (Fsp3) is 0.0625. The van der Waals surface area contributed by atoms with Crippen molar-refractivity contribution in [1.29, 1.82) is 0 Å². The molecule has 0 fully saturated rings. The lowest BCUT2D eigenvalue weighted by molar-refractivity contribution is -0.139. The van der Waals surface area contributed by atoms with Gasteiger partial charge in [0.1, 0.15) is 11.5 Å². The van der Waals surface area contributed by atoms with E-state index in [2.05, 4.69) is 10.1 Å². The molecule has 0 bridgehead atoms. The molecule has 10 heteroatoms. The molecule has 0 spiro atoms. The highest BCUT2D eigenvalue weighted by molar-refractivity contribution is 6.36. The molecule has 0 aliphatic carbocycles. The Hall–Kier alpha value is -2.35. The molecule has 0 amide bonds. The van der Waals surface area contributed by atoms with Crippen molar-refractivity contribution in [3.8, 4) is 23.1 Å². The van der Waals surface area contributed by atoms with Crippen LogP contribution in [0.2, 0.25) is 15.1 Å². The maximum absolute atomic E-state index is 14.4. The van der Waals surface area contributed by atoms with Gasteiger partial charge in [0, 0.05) is 15.6 Å². The zero-order chi connectivity index (χ0) is 18.8. The van der Waals surface area contributed by atoms with Crippen LogP contribution in [-0.2, 0) is 4.79 Å². The lowest BCUT2D eigenvalue weighted by Crippen LogP contribution is -2.10. The van der Waals surface area contributed by atoms with Crippen molar-refractivity contribution in [3.63, 3.8) is 0 Å². The normalized spacial score (nSPS) is 10.8. The van der Waals surface area contributed by atoms with Gasteiger partial charge in [-0.2, -0.15) is 4.98 Å². The summed E-state index contributed by atoms with van der Waals surface area (Å²) >= 11 is 17.9. The first-order valence-corrected chi connectivity index (χ1v) is 8.21. The molecule has 26 heavy (non-hydrogen) atoms. The summed E-state index contributed by atoms with van der Waals surface area (Å²) in [5.41, 5.74) is 0.441. The summed E-state index contributed by atoms with van der Waals surface area (Å²) in [4.78, 5) is 14.8. The molecule has 0 aliphatic heterocycles. The van der Waals surface area contributed by atoms with Crippen LogP contribution in [0.25, 0.3) is 17.1 Å². The van der Waals surface area contributed by atoms with E-state index in [1.165, 1.54) is 18.2 Å². The van der Waals surface area contributed by atoms with Gasteiger partial charge in [-0.05, 0) is 36.4 Å². The monoisotopic (exact) mass is 415 g/mol. The molecule has 0 aliphatic rings. The maximum Gasteiger partial charge on any atom is 0.341 e. The Labute approximate surface area is 161 Å². The number of hydrogen-bond acceptors (Lipinski definition) is 4. The van der Waals surface area contributed by atoms with E-state index in [-0.39, 0.29) is 27.6 Å². The smallest absolute Gasteiger partial charge is 0.341 e. The van der Waals surface area contributed by atoms with Crippen LogP contribution >= 0.6 is 34.8 Å². The van der Waals surface area contributed by atoms with Crippen LogP contribution in [0.3, 0.4) is 0 Å². The van der Waals surface area contributed by atoms with Gasteiger partial charge in [0.05, 0.1) is 5.02 Å². The summed E-state index contributed by atoms with van der Waals surface area (Å²) in [5.74, 6) is -1.71. The zero-order valence-electron chi connectivity index (χ0n) is 12.8. The van der Waals surface area contributed by atoms with E-state index >= 15 is 0 Å². The summed E-state index contributed by atoms with van der Waals surface area (Å²) in [6, 6.07) is 8.41. The second-order valence-corrected chi connectivity index (χ2v) is 6.31. The van der Waals surface area contributed by atoms with Gasteiger partial charge in [-0.15, -0.1) is 5.10 Å². The Morgan fingerprint density at radius 1 is 1.15 bits per heavy atom. The largest absolute Gasteiger partial charge is 0.479 e. The number of carbonyl (C=O) groups is 1. The van der Waals surface area contributed by atoms with Crippen molar-refractivity contribution in [2.45, 2.75) is 0 Å². The average molecular weight is 417 g/mol. The third-order valence-electron chi connectivity index (χ3n) is 3.22. The second-order valence-electron chi connectivity index (χ2n) is 5.03. The van der Waals surface area contributed by atoms with E-state index in [1.807, 2.05) is 0 Å². The van der Waals surface area contributed by atoms with E-state index in [0.717, 1.165) is 10.7 Å². The molecule has 0 saturated heterocycles. The highest BCUT2D eigenvalue weighted by atomic mass is 35.5. The van der Waals surface area contributed by atoms with Crippen molar-refractivity contribution in [3.05, 3.63) is 57.3 Å². The molecule has 2 aromatic carbocycles. The summed E-state index contributed by atoms with van der Waals surface area (Å²) in [6.45, 7) is -0.652. The minimum atomic E-state index is -1.20. The predicted octanol–water partition coefficient (Wildman–Crippen LogP) is 4.50. The summed E-state index contributed by atoms with van der Waals surface area (Å²) in [6.07, 6.45) is 0. The van der Waals surface area contributed by atoms with E-state index in [4.69, 9.17) is 44.6 Å². The number of hydrogen-bond donors (Lipinski definition) is 1. The Bertz CT molecular complexity index is 925. The first-order chi connectivity index (χ1) is 12.3. The second kappa shape index (κ2) is 7.49. The minimum absolute atomic E-state index is 0.0353. The van der Waals surface area contributed by atoms with Gasteiger partial charge in [-0.25, -0.2) is 13.9 Å². The molecule has 0 radical (unpaired) electrons. The van der Waals surface area contributed by atoms with Gasteiger partial charge in [0.2, 0.25) is 0 Å². The number of aromatic nitrogens is 3. The molecule has 0 unspecified atom stereocenters. The van der Waals surface area contributed by atoms with Crippen molar-refractivity contribution in [2.24, 2.45) is 0 Å². The van der Waals surface area contributed by atoms with E-state index in [0.29, 0.717) is 10.6 Å². The third-order valence-corrected chi connectivity index (χ3v) is 4.01. The van der Waals surface area contributed by atoms with Crippen LogP contribution in [0.5, 0.6) is 6.01 Å². The van der Waals surface area contributed by atoms with Crippen molar-refractivity contribution < 1.29 is 19.0 Å². The fourth-order valence-corrected chi connectivity index (χ4v) is 2.80. The summed E-state index contributed by atoms with van der Waals surface area (Å²) in [5, 5.41) is 13.6. The topological polar surface area (TPSA) is 77.2 Å². The van der Waals surface area contributed by atoms with Crippen LogP contribution in [0.4, 0.5) is 4.39 Å². The standard InChI is InChI=1S/C16H9Cl3FN3O3/c17-8-1-3-10(11(19)5-8)15-21-16(26-7-14(24)25)22-23(15)13-4-2-9(18)6-12(13)20/h1-6H,7H2,(H,24,25). The van der Waals surface area contributed by atoms with E-state index < -0.39 is 18.4 Å². The Morgan fingerprint density at radius 3 is 2.50 bits per heavy atom. The SMILES string of the molecule is O=C(O)COc1nc(-c2ccc(Cl)cc2Cl)n(-c2ccc(Cl)cc2F)n1. The highest BCUT2D eigenvalue weighted by Crippen LogP contribution is 2.32. The number of carboxylic acids is 1. The molecule has 134 valence electrons. The maximum atomic E-state index is 14.4. The Balaban J connectivity index is 2.16. The number of ether oxygens (including phenoxy) is 1. The average Bonchev–Trinajstić information content (AvgIpc) is 2.96. The van der Waals surface area contributed by atoms with Gasteiger partial charge in [0.25, 0.3) is 0 Å². The van der Waals surface area contributed by atoms with Gasteiger partial charge in [-0.1, -0.05) is 34.8 Å². The highest BCUT2D eigenvalue weighted by Gasteiger charge is 2.20. The molecule has 1 aromatic heterocycles. The Kier molecular flexibility index (Phi) is 5.31. The molecular formula is C16H9Cl3FN3O3. The van der Waals surface area contributed by atoms with Gasteiger partial charge >= 0.3 is 12.0 Å². The van der Waals surface area contributed by atoms with Crippen molar-refractivity contribution >= 4 is 40.8 Å². The van der Waals surface area contributed by atoms with Gasteiger partial charge in [0.15, 0.2) is 12.4 Å². The lowest BCUT2D eigenvalue weighted by atomic mass is 10.2.